The molecule has 6 atom stereocenters. The number of rotatable bonds is 5. The number of hydrogen-bond donors (Lipinski definition) is 2. The van der Waals surface area contributed by atoms with E-state index in [1.807, 2.05) is 25.1 Å². The largest absolute Gasteiger partial charge is 0.490 e. The monoisotopic (exact) mass is 750 g/mol. The second-order valence-corrected chi connectivity index (χ2v) is 19.2. The molecule has 2 N–H and O–H groups in total. The summed E-state index contributed by atoms with van der Waals surface area (Å²) in [5.41, 5.74) is 3.26. The van der Waals surface area contributed by atoms with E-state index >= 15 is 0 Å². The van der Waals surface area contributed by atoms with Gasteiger partial charge in [0.05, 0.1) is 30.8 Å². The third-order valence-corrected chi connectivity index (χ3v) is 15.0. The standard InChI is InChI=1S/C40H51ClN4O6S/c1-26-6-4-8-34(50-3)31-12-9-29(31)18-45-23-39(15-5-7-27-16-30(41)11-13-32(27)39)25-51-35-14-10-28(17-33(35)45)36(46)43-52(48,19-26)44-37(47)42-40-20-38(21-40,22-40)24-49-2/h4,8,10-11,13-14,16-17,26,29,31,34H,5-7,9,12,15,18-25H2,1-3H3,(H2,42,43,44,46,47,48)/b8-4+/t26-,29-,31+,34-,38?,39-,40?,52?/m0/s1. The van der Waals surface area contributed by atoms with E-state index in [2.05, 4.69) is 43.6 Å². The molecule has 4 bridgehead atoms. The number of anilines is 1. The van der Waals surface area contributed by atoms with Crippen molar-refractivity contribution in [3.8, 4) is 5.75 Å². The molecule has 4 saturated carbocycles. The first-order chi connectivity index (χ1) is 24.9. The van der Waals surface area contributed by atoms with Crippen molar-refractivity contribution >= 4 is 39.1 Å². The lowest BCUT2D eigenvalue weighted by atomic mass is 9.39. The van der Waals surface area contributed by atoms with Gasteiger partial charge in [0.25, 0.3) is 5.91 Å². The average molecular weight is 751 g/mol. The zero-order valence-corrected chi connectivity index (χ0v) is 32.0. The van der Waals surface area contributed by atoms with Crippen LogP contribution in [0.4, 0.5) is 10.5 Å². The van der Waals surface area contributed by atoms with E-state index in [0.717, 1.165) is 75.2 Å². The van der Waals surface area contributed by atoms with Crippen molar-refractivity contribution in [3.05, 3.63) is 70.3 Å². The fourth-order valence-corrected chi connectivity index (χ4v) is 12.4. The number of amides is 3. The van der Waals surface area contributed by atoms with E-state index in [0.29, 0.717) is 42.8 Å². The number of hydrogen-bond acceptors (Lipinski definition) is 7. The maximum absolute atomic E-state index is 14.6. The van der Waals surface area contributed by atoms with Gasteiger partial charge >= 0.3 is 6.03 Å². The fraction of sp³-hybridized carbons (Fsp3) is 0.600. The Morgan fingerprint density at radius 1 is 1.15 bits per heavy atom. The van der Waals surface area contributed by atoms with Gasteiger partial charge < -0.3 is 24.4 Å². The summed E-state index contributed by atoms with van der Waals surface area (Å²) in [7, 11) is -0.0209. The highest BCUT2D eigenvalue weighted by Gasteiger charge is 2.68. The first kappa shape index (κ1) is 35.9. The molecule has 0 radical (unpaired) electrons. The van der Waals surface area contributed by atoms with Gasteiger partial charge in [-0.3, -0.25) is 9.52 Å². The Balaban J connectivity index is 1.14. The van der Waals surface area contributed by atoms with Gasteiger partial charge in [-0.1, -0.05) is 36.7 Å². The van der Waals surface area contributed by atoms with Crippen LogP contribution in [0.25, 0.3) is 0 Å². The van der Waals surface area contributed by atoms with Gasteiger partial charge in [-0.15, -0.1) is 4.36 Å². The van der Waals surface area contributed by atoms with Gasteiger partial charge in [-0.05, 0) is 117 Å². The maximum Gasteiger partial charge on any atom is 0.327 e. The molecule has 7 aliphatic rings. The first-order valence-electron chi connectivity index (χ1n) is 18.8. The lowest BCUT2D eigenvalue weighted by Gasteiger charge is -2.70. The van der Waals surface area contributed by atoms with Gasteiger partial charge in [-0.25, -0.2) is 9.00 Å². The molecule has 9 rings (SSSR count). The van der Waals surface area contributed by atoms with E-state index in [-0.39, 0.29) is 34.1 Å². The molecular formula is C40H51ClN4O6S. The minimum atomic E-state index is -3.49. The van der Waals surface area contributed by atoms with Gasteiger partial charge in [0, 0.05) is 54.3 Å². The van der Waals surface area contributed by atoms with Crippen LogP contribution in [0.15, 0.2) is 52.9 Å². The highest BCUT2D eigenvalue weighted by molar-refractivity contribution is 7.92. The Kier molecular flexibility index (Phi) is 9.40. The number of fused-ring (bicyclic) bond motifs is 4. The maximum atomic E-state index is 14.6. The molecule has 2 aromatic rings. The van der Waals surface area contributed by atoms with Crippen molar-refractivity contribution < 1.29 is 28.0 Å². The third-order valence-electron chi connectivity index (χ3n) is 12.7. The minimum absolute atomic E-state index is 0.0347. The Morgan fingerprint density at radius 3 is 2.73 bits per heavy atom. The van der Waals surface area contributed by atoms with Gasteiger partial charge in [0.2, 0.25) is 0 Å². The van der Waals surface area contributed by atoms with Crippen LogP contribution in [-0.2, 0) is 31.2 Å². The molecule has 3 amide bonds. The second-order valence-electron chi connectivity index (χ2n) is 16.8. The van der Waals surface area contributed by atoms with Crippen molar-refractivity contribution in [1.29, 1.82) is 0 Å². The van der Waals surface area contributed by atoms with Crippen molar-refractivity contribution in [2.45, 2.75) is 81.8 Å². The molecule has 4 fully saturated rings. The van der Waals surface area contributed by atoms with Crippen molar-refractivity contribution in [2.24, 2.45) is 27.5 Å². The molecule has 1 unspecified atom stereocenters. The van der Waals surface area contributed by atoms with Crippen LogP contribution in [0.2, 0.25) is 5.02 Å². The Bertz CT molecular complexity index is 1890. The summed E-state index contributed by atoms with van der Waals surface area (Å²) in [6, 6.07) is 11.1. The number of methoxy groups -OCH3 is 2. The number of allylic oxidation sites excluding steroid dienone is 1. The summed E-state index contributed by atoms with van der Waals surface area (Å²) in [6.07, 6.45) is 12.5. The van der Waals surface area contributed by atoms with Crippen molar-refractivity contribution in [2.75, 3.05) is 51.2 Å². The average Bonchev–Trinajstić information content (AvgIpc) is 3.20. The first-order valence-corrected chi connectivity index (χ1v) is 20.9. The van der Waals surface area contributed by atoms with Crippen LogP contribution in [0.3, 0.4) is 0 Å². The molecule has 280 valence electrons. The molecule has 5 aliphatic carbocycles. The molecule has 10 nitrogen and oxygen atoms in total. The Hall–Kier alpha value is -3.12. The summed E-state index contributed by atoms with van der Waals surface area (Å²) in [4.78, 5) is 29.8. The summed E-state index contributed by atoms with van der Waals surface area (Å²) in [5, 5.41) is 3.80. The van der Waals surface area contributed by atoms with Crippen molar-refractivity contribution in [3.63, 3.8) is 0 Å². The van der Waals surface area contributed by atoms with Gasteiger partial charge in [-0.2, -0.15) is 0 Å². The zero-order valence-electron chi connectivity index (χ0n) is 30.5. The molecule has 1 spiro atoms. The summed E-state index contributed by atoms with van der Waals surface area (Å²) in [5.74, 6) is 0.749. The number of nitrogens with one attached hydrogen (secondary N) is 2. The van der Waals surface area contributed by atoms with Crippen LogP contribution < -0.4 is 19.7 Å². The fourth-order valence-electron chi connectivity index (χ4n) is 10.4. The number of ether oxygens (including phenoxy) is 3. The normalized spacial score (nSPS) is 37.0. The molecule has 52 heavy (non-hydrogen) atoms. The van der Waals surface area contributed by atoms with Gasteiger partial charge in [0.1, 0.15) is 15.7 Å². The highest BCUT2D eigenvalue weighted by atomic mass is 35.5. The molecule has 0 saturated heterocycles. The van der Waals surface area contributed by atoms with E-state index in [1.165, 1.54) is 11.1 Å². The number of nitrogens with zero attached hydrogens (tertiary/aromatic N) is 2. The third kappa shape index (κ3) is 6.64. The van der Waals surface area contributed by atoms with E-state index in [9.17, 15) is 13.8 Å². The zero-order chi connectivity index (χ0) is 36.3. The quantitative estimate of drug-likeness (QED) is 0.322. The summed E-state index contributed by atoms with van der Waals surface area (Å²) >= 11 is 6.46. The van der Waals surface area contributed by atoms with Crippen LogP contribution in [-0.4, -0.2) is 74.1 Å². The van der Waals surface area contributed by atoms with E-state index in [4.69, 9.17) is 25.8 Å². The van der Waals surface area contributed by atoms with Crippen LogP contribution in [0.5, 0.6) is 5.75 Å². The predicted molar refractivity (Wildman–Crippen MR) is 202 cm³/mol. The number of carbonyl (C=O) groups is 2. The lowest BCUT2D eigenvalue weighted by molar-refractivity contribution is -0.177. The molecule has 2 aliphatic heterocycles. The molecule has 2 heterocycles. The van der Waals surface area contributed by atoms with Crippen molar-refractivity contribution in [1.82, 2.24) is 10.0 Å². The van der Waals surface area contributed by atoms with Crippen LogP contribution in [0.1, 0.15) is 79.8 Å². The summed E-state index contributed by atoms with van der Waals surface area (Å²) < 4.78 is 39.7. The second kappa shape index (κ2) is 13.6. The minimum Gasteiger partial charge on any atom is -0.490 e. The molecule has 12 heteroatoms. The summed E-state index contributed by atoms with van der Waals surface area (Å²) in [6.45, 7) is 4.67. The number of aryl methyl sites for hydroxylation is 1. The molecule has 0 aromatic heterocycles. The molecular weight excluding hydrogens is 700 g/mol. The number of halogens is 1. The highest BCUT2D eigenvalue weighted by Crippen LogP contribution is 2.67. The topological polar surface area (TPSA) is 119 Å². The molecule has 2 aromatic carbocycles. The number of carbonyl (C=O) groups excluding carboxylic acids is 2. The predicted octanol–water partition coefficient (Wildman–Crippen LogP) is 6.84. The van der Waals surface area contributed by atoms with E-state index < -0.39 is 21.9 Å². The smallest absolute Gasteiger partial charge is 0.327 e. The number of urea groups is 1. The van der Waals surface area contributed by atoms with Crippen LogP contribution in [0, 0.1) is 23.2 Å². The Morgan fingerprint density at radius 2 is 1.98 bits per heavy atom. The van der Waals surface area contributed by atoms with Gasteiger partial charge in [0.15, 0.2) is 0 Å². The Labute approximate surface area is 312 Å². The SMILES string of the molecule is COCC12CC(NC(=O)NS3(=O)=NC(=O)c4ccc5c(c4)N(C[C@@H]4CC[C@H]4[C@@H](OC)/C=C/C[C@H](C)C3)C[C@@]3(CCCc4cc(Cl)ccc43)CO5)(C1)C2. The van der Waals surface area contributed by atoms with E-state index in [1.54, 1.807) is 20.3 Å². The number of benzene rings is 2. The lowest BCUT2D eigenvalue weighted by Crippen LogP contribution is -2.76. The van der Waals surface area contributed by atoms with Crippen LogP contribution >= 0.6 is 11.6 Å².